The molecule has 2 aliphatic carbocycles. The third kappa shape index (κ3) is 4.46. The Labute approximate surface area is 231 Å². The van der Waals surface area contributed by atoms with Crippen LogP contribution in [0, 0.1) is 11.8 Å². The van der Waals surface area contributed by atoms with E-state index in [-0.39, 0.29) is 48.0 Å². The summed E-state index contributed by atoms with van der Waals surface area (Å²) in [4.78, 5) is 33.6. The van der Waals surface area contributed by atoms with Gasteiger partial charge in [-0.2, -0.15) is 0 Å². The number of aromatic nitrogens is 3. The van der Waals surface area contributed by atoms with Gasteiger partial charge in [-0.05, 0) is 68.2 Å². The van der Waals surface area contributed by atoms with Crippen molar-refractivity contribution in [3.63, 3.8) is 0 Å². The number of nitrogen functional groups attached to an aromatic ring is 1. The van der Waals surface area contributed by atoms with Crippen molar-refractivity contribution < 1.29 is 24.2 Å². The van der Waals surface area contributed by atoms with Gasteiger partial charge < -0.3 is 30.5 Å². The zero-order valence-corrected chi connectivity index (χ0v) is 22.5. The normalized spacial score (nSPS) is 22.0. The van der Waals surface area contributed by atoms with E-state index in [2.05, 4.69) is 17.3 Å². The zero-order chi connectivity index (χ0) is 27.5. The molecule has 2 aromatic heterocycles. The van der Waals surface area contributed by atoms with E-state index < -0.39 is 5.91 Å². The molecule has 11 heteroatoms. The van der Waals surface area contributed by atoms with Gasteiger partial charge in [0.25, 0.3) is 11.8 Å². The summed E-state index contributed by atoms with van der Waals surface area (Å²) >= 11 is 0. The van der Waals surface area contributed by atoms with Crippen LogP contribution in [0.4, 0.5) is 5.82 Å². The van der Waals surface area contributed by atoms with Gasteiger partial charge in [-0.1, -0.05) is 0 Å². The number of nitrogens with one attached hydrogen (secondary N) is 1. The van der Waals surface area contributed by atoms with Crippen LogP contribution in [0.15, 0.2) is 24.4 Å². The van der Waals surface area contributed by atoms with E-state index in [0.29, 0.717) is 48.3 Å². The number of fused-ring (bicyclic) bond motifs is 2. The molecule has 2 aliphatic heterocycles. The van der Waals surface area contributed by atoms with Crippen LogP contribution in [0.5, 0.6) is 5.75 Å². The highest BCUT2D eigenvalue weighted by Crippen LogP contribution is 2.42. The van der Waals surface area contributed by atoms with Crippen molar-refractivity contribution in [1.82, 2.24) is 24.8 Å². The number of anilines is 1. The first-order valence-electron chi connectivity index (χ1n) is 14.2. The molecule has 11 nitrogen and oxygen atoms in total. The predicted molar refractivity (Wildman–Crippen MR) is 146 cm³/mol. The third-order valence-corrected chi connectivity index (χ3v) is 8.72. The van der Waals surface area contributed by atoms with Crippen LogP contribution in [0.25, 0.3) is 16.9 Å². The van der Waals surface area contributed by atoms with Gasteiger partial charge in [-0.25, -0.2) is 9.50 Å². The summed E-state index contributed by atoms with van der Waals surface area (Å²) in [5.74, 6) is 1.05. The molecule has 7 rings (SSSR count). The number of nitrogens with two attached hydrogens (primary N) is 1. The van der Waals surface area contributed by atoms with E-state index in [1.807, 2.05) is 23.1 Å². The summed E-state index contributed by atoms with van der Waals surface area (Å²) in [6.45, 7) is 3.64. The maximum Gasteiger partial charge on any atom is 0.259 e. The fourth-order valence-corrected chi connectivity index (χ4v) is 6.00. The van der Waals surface area contributed by atoms with Gasteiger partial charge in [0.1, 0.15) is 17.4 Å². The molecule has 3 aromatic rings. The number of carbonyl (C=O) groups excluding carboxylic acids is 2. The largest absolute Gasteiger partial charge is 0.487 e. The minimum absolute atomic E-state index is 0.00916. The molecular weight excluding hydrogens is 512 g/mol. The second-order valence-corrected chi connectivity index (χ2v) is 11.6. The van der Waals surface area contributed by atoms with E-state index in [1.54, 1.807) is 6.20 Å². The highest BCUT2D eigenvalue weighted by atomic mass is 16.5. The smallest absolute Gasteiger partial charge is 0.259 e. The van der Waals surface area contributed by atoms with Crippen LogP contribution in [0.1, 0.15) is 65.3 Å². The zero-order valence-electron chi connectivity index (χ0n) is 22.5. The van der Waals surface area contributed by atoms with Crippen LogP contribution < -0.4 is 15.8 Å². The van der Waals surface area contributed by atoms with Crippen molar-refractivity contribution in [3.8, 4) is 17.0 Å². The standard InChI is InChI=1S/C29H34N6O5/c1-15(16-2-3-16)34-12-19-10-18(11-23(24(19)29(34)38)40-20-7-9-39-14-20)21-6-8-35-27(31-21)25(26(30)33-35)28(37)32-22(13-36)17-4-5-17/h6,8,10-11,15-17,20,22,36H,2-5,7,9,12-14H2,1H3,(H2,30,33)(H,32,37)/t15-,20+,22-/m0/s1. The second kappa shape index (κ2) is 9.74. The van der Waals surface area contributed by atoms with Gasteiger partial charge in [-0.15, -0.1) is 5.10 Å². The Balaban J connectivity index is 1.26. The van der Waals surface area contributed by atoms with Gasteiger partial charge in [0, 0.05) is 30.8 Å². The summed E-state index contributed by atoms with van der Waals surface area (Å²) < 4.78 is 13.4. The first-order valence-corrected chi connectivity index (χ1v) is 14.2. The summed E-state index contributed by atoms with van der Waals surface area (Å²) in [7, 11) is 0. The van der Waals surface area contributed by atoms with E-state index in [0.717, 1.165) is 43.2 Å². The van der Waals surface area contributed by atoms with Gasteiger partial charge in [0.15, 0.2) is 11.5 Å². The highest BCUT2D eigenvalue weighted by molar-refractivity contribution is 6.05. The minimum atomic E-state index is -0.405. The average molecular weight is 547 g/mol. The third-order valence-electron chi connectivity index (χ3n) is 8.72. The Kier molecular flexibility index (Phi) is 6.16. The molecule has 0 unspecified atom stereocenters. The molecule has 1 aromatic carbocycles. The molecule has 1 saturated heterocycles. The van der Waals surface area contributed by atoms with Crippen molar-refractivity contribution >= 4 is 23.3 Å². The van der Waals surface area contributed by atoms with Gasteiger partial charge in [0.2, 0.25) is 0 Å². The fraction of sp³-hybridized carbons (Fsp3) is 0.517. The Morgan fingerprint density at radius 3 is 2.75 bits per heavy atom. The number of nitrogens with zero attached hydrogens (tertiary/aromatic N) is 4. The van der Waals surface area contributed by atoms with Crippen LogP contribution in [0.2, 0.25) is 0 Å². The summed E-state index contributed by atoms with van der Waals surface area (Å²) in [5.41, 5.74) is 9.58. The number of benzene rings is 1. The number of aliphatic hydroxyl groups excluding tert-OH is 1. The van der Waals surface area contributed by atoms with Gasteiger partial charge >= 0.3 is 0 Å². The van der Waals surface area contributed by atoms with Crippen molar-refractivity contribution in [2.75, 3.05) is 25.6 Å². The Bertz CT molecular complexity index is 1490. The predicted octanol–water partition coefficient (Wildman–Crippen LogP) is 2.40. The number of ether oxygens (including phenoxy) is 2. The lowest BCUT2D eigenvalue weighted by Crippen LogP contribution is -2.39. The van der Waals surface area contributed by atoms with E-state index in [9.17, 15) is 14.7 Å². The van der Waals surface area contributed by atoms with E-state index in [4.69, 9.17) is 20.2 Å². The summed E-state index contributed by atoms with van der Waals surface area (Å²) in [6, 6.07) is 5.54. The summed E-state index contributed by atoms with van der Waals surface area (Å²) in [5, 5.41) is 16.9. The molecule has 0 spiro atoms. The molecule has 40 heavy (non-hydrogen) atoms. The minimum Gasteiger partial charge on any atom is -0.487 e. The lowest BCUT2D eigenvalue weighted by Gasteiger charge is -2.24. The molecule has 3 atom stereocenters. The Morgan fingerprint density at radius 2 is 2.05 bits per heavy atom. The molecule has 210 valence electrons. The van der Waals surface area contributed by atoms with Crippen LogP contribution in [-0.4, -0.2) is 74.4 Å². The first kappa shape index (κ1) is 25.3. The molecular formula is C29H34N6O5. The lowest BCUT2D eigenvalue weighted by atomic mass is 10.0. The number of rotatable bonds is 9. The second-order valence-electron chi connectivity index (χ2n) is 11.6. The molecule has 2 amide bonds. The maximum absolute atomic E-state index is 13.6. The lowest BCUT2D eigenvalue weighted by molar-refractivity contribution is 0.0691. The van der Waals surface area contributed by atoms with Crippen LogP contribution in [0.3, 0.4) is 0 Å². The Hall–Kier alpha value is -3.70. The molecule has 2 saturated carbocycles. The van der Waals surface area contributed by atoms with Gasteiger partial charge in [0.05, 0.1) is 37.1 Å². The fourth-order valence-electron chi connectivity index (χ4n) is 6.00. The molecule has 0 radical (unpaired) electrons. The van der Waals surface area contributed by atoms with Crippen molar-refractivity contribution in [2.45, 2.75) is 63.8 Å². The molecule has 4 heterocycles. The number of aliphatic hydroxyl groups is 1. The monoisotopic (exact) mass is 546 g/mol. The quantitative estimate of drug-likeness (QED) is 0.371. The van der Waals surface area contributed by atoms with Gasteiger partial charge in [-0.3, -0.25) is 9.59 Å². The number of hydrogen-bond donors (Lipinski definition) is 3. The highest BCUT2D eigenvalue weighted by Gasteiger charge is 2.41. The van der Waals surface area contributed by atoms with E-state index in [1.165, 1.54) is 4.52 Å². The van der Waals surface area contributed by atoms with Crippen molar-refractivity contribution in [2.24, 2.45) is 11.8 Å². The van der Waals surface area contributed by atoms with E-state index >= 15 is 0 Å². The Morgan fingerprint density at radius 1 is 1.25 bits per heavy atom. The van der Waals surface area contributed by atoms with Crippen molar-refractivity contribution in [3.05, 3.63) is 41.1 Å². The molecule has 0 bridgehead atoms. The SMILES string of the molecule is C[C@@H](C1CC1)N1Cc2cc(-c3ccn4nc(N)c(C(=O)N[C@@H](CO)C5CC5)c4n3)cc(O[C@@H]3CCOC3)c2C1=O. The molecule has 4 N–H and O–H groups in total. The number of amides is 2. The van der Waals surface area contributed by atoms with Crippen LogP contribution >= 0.6 is 0 Å². The van der Waals surface area contributed by atoms with Crippen molar-refractivity contribution in [1.29, 1.82) is 0 Å². The number of carbonyl (C=O) groups is 2. The first-order chi connectivity index (χ1) is 19.4. The average Bonchev–Trinajstić information content (AvgIpc) is 3.86. The molecule has 4 aliphatic rings. The number of hydrogen-bond acceptors (Lipinski definition) is 8. The van der Waals surface area contributed by atoms with Crippen LogP contribution in [-0.2, 0) is 11.3 Å². The molecule has 3 fully saturated rings. The maximum atomic E-state index is 13.6. The summed E-state index contributed by atoms with van der Waals surface area (Å²) in [6.07, 6.45) is 6.64. The topological polar surface area (TPSA) is 144 Å².